The number of ether oxygens (including phenoxy) is 1. The number of piperazine rings is 1. The number of benzene rings is 5. The number of nitrogens with one attached hydrogen (secondary N) is 1. The summed E-state index contributed by atoms with van der Waals surface area (Å²) in [4.78, 5) is 49.6. The Morgan fingerprint density at radius 3 is 2.10 bits per heavy atom. The molecule has 3 aliphatic rings. The van der Waals surface area contributed by atoms with E-state index in [1.807, 2.05) is 84.0 Å². The van der Waals surface area contributed by atoms with Gasteiger partial charge in [-0.2, -0.15) is 0 Å². The maximum absolute atomic E-state index is 15.9. The van der Waals surface area contributed by atoms with Crippen LogP contribution in [0.2, 0.25) is 5.02 Å². The van der Waals surface area contributed by atoms with Gasteiger partial charge in [-0.15, -0.1) is 0 Å². The summed E-state index contributed by atoms with van der Waals surface area (Å²) < 4.78 is 140. The Hall–Kier alpha value is -5.23. The van der Waals surface area contributed by atoms with E-state index in [2.05, 4.69) is 15.1 Å². The topological polar surface area (TPSA) is 211 Å². The summed E-state index contributed by atoms with van der Waals surface area (Å²) in [7, 11) is -18.4. The standard InChI is InChI=1S/C59H71ClF4N6O11P2S3/c1-40(2)70-41(3)57(85(4,76)77)55(56(70)42-11-13-45(60)14-12-42)44-35-46(61)37-50(36-44)68-29-27-67(28-30-68)48-15-17-49(18-16-48)69-31-33-81-83(69,75)51-19-20-53(54(38-51)86(78,79)59(62,63)64)65-47(39-84-52-9-6-5-7-10-52)23-26-66-24-21-43(22-25-66)58(71)80-32-8-34-82(72,73)74/h5-7,9-20,35-38,40,43,47,65,75,83H,8,21-34,39H2,1-4H3,(H2,72,73,74)/t47-/m1/s1. The Morgan fingerprint density at radius 2 is 1.49 bits per heavy atom. The van der Waals surface area contributed by atoms with Crippen molar-refractivity contribution < 1.29 is 67.7 Å². The van der Waals surface area contributed by atoms with Gasteiger partial charge in [0.1, 0.15) is 0 Å². The first-order valence-corrected chi connectivity index (χ1v) is 36.5. The quantitative estimate of drug-likeness (QED) is 0.0164. The summed E-state index contributed by atoms with van der Waals surface area (Å²) in [6.07, 6.45) is 2.09. The Kier molecular flexibility index (Phi) is 20.4. The largest absolute Gasteiger partial charge is 0.341 e. The van der Waals surface area contributed by atoms with Crippen LogP contribution in [0.3, 0.4) is 0 Å². The molecule has 0 saturated carbocycles. The van der Waals surface area contributed by atoms with Gasteiger partial charge in [0.2, 0.25) is 0 Å². The fourth-order valence-corrected chi connectivity index (χ4v) is 18.0. The molecule has 6 aromatic rings. The molecule has 86 heavy (non-hydrogen) atoms. The summed E-state index contributed by atoms with van der Waals surface area (Å²) >= 11 is 7.72. The van der Waals surface area contributed by atoms with Crippen LogP contribution in [0.1, 0.15) is 51.3 Å². The fourth-order valence-electron chi connectivity index (χ4n) is 11.6. The number of aromatic nitrogens is 1. The summed E-state index contributed by atoms with van der Waals surface area (Å²) in [5.74, 6) is -1.05. The van der Waals surface area contributed by atoms with Crippen molar-refractivity contribution in [2.75, 3.05) is 104 Å². The van der Waals surface area contributed by atoms with Gasteiger partial charge < -0.3 is 19.1 Å². The Bertz CT molecular complexity index is 3670. The molecule has 0 aliphatic carbocycles. The van der Waals surface area contributed by atoms with Gasteiger partial charge in [-0.05, 0) is 51.0 Å². The minimum Gasteiger partial charge on any atom is -0.341 e. The van der Waals surface area contributed by atoms with Gasteiger partial charge in [-0.3, -0.25) is 9.36 Å². The number of carbonyl (C=O) groups excluding carboxylic acids is 1. The number of hydrogen-bond acceptors (Lipinski definition) is 15. The van der Waals surface area contributed by atoms with E-state index in [0.717, 1.165) is 28.5 Å². The number of likely N-dealkylation sites (tertiary alicyclic amines) is 1. The molecule has 3 fully saturated rings. The average molecular weight is 1310 g/mol. The zero-order chi connectivity index (χ0) is 61.9. The number of alkyl halides is 3. The van der Waals surface area contributed by atoms with Gasteiger partial charge in [0, 0.05) is 28.6 Å². The maximum Gasteiger partial charge on any atom is 0.0578 e. The molecule has 0 bridgehead atoms. The van der Waals surface area contributed by atoms with Crippen molar-refractivity contribution >= 4 is 92.5 Å². The SMILES string of the molecule is Cc1c(S(C)(=O)=O)c(-c2cc(F)cc(N3CCN(c4ccc(N5CCO[PH]5(O)c5ccc(N[C@H](CCN6CCC(C(=O)OCCCP(=O)(O)O)CC6)CSc6ccccc6)c(S(=O)(=O)C(F)(F)F)c5)cc4)CC3)c2)c(-c2ccc(Cl)cc2)n1C(C)C. The van der Waals surface area contributed by atoms with Gasteiger partial charge in [-0.25, -0.2) is 12.8 Å². The Labute approximate surface area is 509 Å². The molecule has 3 saturated heterocycles. The van der Waals surface area contributed by atoms with E-state index in [-0.39, 0.29) is 48.1 Å². The summed E-state index contributed by atoms with van der Waals surface area (Å²) in [5.41, 5.74) is -1.40. The van der Waals surface area contributed by atoms with E-state index in [9.17, 15) is 44.3 Å². The van der Waals surface area contributed by atoms with Crippen LogP contribution in [0.4, 0.5) is 40.3 Å². The van der Waals surface area contributed by atoms with E-state index in [1.54, 1.807) is 35.9 Å². The first kappa shape index (κ1) is 65.2. The number of piperidine rings is 1. The van der Waals surface area contributed by atoms with Crippen molar-refractivity contribution in [3.05, 3.63) is 132 Å². The van der Waals surface area contributed by atoms with Crippen LogP contribution >= 0.6 is 38.8 Å². The van der Waals surface area contributed by atoms with Crippen LogP contribution < -0.4 is 25.1 Å². The predicted molar refractivity (Wildman–Crippen MR) is 333 cm³/mol. The van der Waals surface area contributed by atoms with E-state index in [4.69, 9.17) is 30.6 Å². The van der Waals surface area contributed by atoms with E-state index in [0.29, 0.717) is 110 Å². The van der Waals surface area contributed by atoms with Gasteiger partial charge in [-0.1, -0.05) is 23.7 Å². The molecule has 1 atom stereocenters. The van der Waals surface area contributed by atoms with Crippen molar-refractivity contribution in [2.24, 2.45) is 5.92 Å². The molecular formula is C59H71ClF4N6O11P2S3. The molecule has 0 unspecified atom stereocenters. The van der Waals surface area contributed by atoms with E-state index < -0.39 is 75.4 Å². The van der Waals surface area contributed by atoms with E-state index >= 15 is 4.39 Å². The molecule has 0 radical (unpaired) electrons. The zero-order valence-electron chi connectivity index (χ0n) is 47.9. The van der Waals surface area contributed by atoms with Crippen molar-refractivity contribution in [3.8, 4) is 22.4 Å². The van der Waals surface area contributed by atoms with Crippen LogP contribution in [0.5, 0.6) is 0 Å². The molecule has 3 aliphatic heterocycles. The molecule has 17 nitrogen and oxygen atoms in total. The summed E-state index contributed by atoms with van der Waals surface area (Å²) in [6, 6.07) is 31.1. The molecule has 9 rings (SSSR count). The molecule has 27 heteroatoms. The zero-order valence-corrected chi connectivity index (χ0v) is 53.0. The van der Waals surface area contributed by atoms with Crippen LogP contribution in [-0.4, -0.2) is 142 Å². The monoisotopic (exact) mass is 1310 g/mol. The number of anilines is 4. The molecule has 4 N–H and O–H groups in total. The number of sulfone groups is 2. The van der Waals surface area contributed by atoms with E-state index in [1.165, 1.54) is 36.0 Å². The van der Waals surface area contributed by atoms with Crippen LogP contribution in [-0.2, 0) is 38.3 Å². The Morgan fingerprint density at radius 1 is 0.849 bits per heavy atom. The minimum atomic E-state index is -6.01. The smallest absolute Gasteiger partial charge is 0.0578 e. The van der Waals surface area contributed by atoms with Crippen molar-refractivity contribution in [3.63, 3.8) is 0 Å². The molecule has 4 heterocycles. The van der Waals surface area contributed by atoms with Crippen molar-refractivity contribution in [1.82, 2.24) is 9.47 Å². The molecule has 5 aromatic carbocycles. The Balaban J connectivity index is 0.902. The third-order valence-corrected chi connectivity index (χ3v) is 23.8. The van der Waals surface area contributed by atoms with Gasteiger partial charge in [0.15, 0.2) is 9.84 Å². The number of nitrogens with zero attached hydrogens (tertiary/aromatic N) is 5. The molecule has 0 spiro atoms. The fraction of sp³-hybridized carbons (Fsp3) is 0.407. The summed E-state index contributed by atoms with van der Waals surface area (Å²) in [5, 5.41) is 3.54. The third kappa shape index (κ3) is 15.1. The third-order valence-electron chi connectivity index (χ3n) is 15.8. The number of thioether (sulfide) groups is 1. The normalized spacial score (nSPS) is 17.3. The number of hydrogen-bond donors (Lipinski definition) is 4. The number of halogens is 5. The number of esters is 1. The van der Waals surface area contributed by atoms with Crippen molar-refractivity contribution in [2.45, 2.75) is 78.7 Å². The predicted octanol–water partition coefficient (Wildman–Crippen LogP) is 11.0. The maximum atomic E-state index is 15.9. The molecule has 1 aromatic heterocycles. The second-order valence-corrected chi connectivity index (χ2v) is 31.9. The van der Waals surface area contributed by atoms with Gasteiger partial charge in [0.05, 0.1) is 23.4 Å². The first-order chi connectivity index (χ1) is 40.6. The first-order valence-electron chi connectivity index (χ1n) is 28.2. The molecular weight excluding hydrogens is 1240 g/mol. The second kappa shape index (κ2) is 26.9. The van der Waals surface area contributed by atoms with Crippen LogP contribution in [0.25, 0.3) is 22.4 Å². The minimum absolute atomic E-state index is 0.00730. The van der Waals surface area contributed by atoms with Crippen molar-refractivity contribution in [1.29, 1.82) is 0 Å². The summed E-state index contributed by atoms with van der Waals surface area (Å²) in [6.45, 7) is 9.17. The van der Waals surface area contributed by atoms with Crippen LogP contribution in [0, 0.1) is 18.7 Å². The van der Waals surface area contributed by atoms with Gasteiger partial charge in [0.25, 0.3) is 0 Å². The second-order valence-electron chi connectivity index (χ2n) is 22.1. The van der Waals surface area contributed by atoms with Gasteiger partial charge >= 0.3 is 334 Å². The molecule has 0 amide bonds. The number of carbonyl (C=O) groups is 1. The van der Waals surface area contributed by atoms with Crippen LogP contribution in [0.15, 0.2) is 130 Å². The molecule has 466 valence electrons. The average Bonchev–Trinajstić information content (AvgIpc) is 1.70. The number of rotatable bonds is 22.